The van der Waals surface area contributed by atoms with Crippen LogP contribution < -0.4 is 10.9 Å². The molecule has 4 rings (SSSR count). The molecule has 7 nitrogen and oxygen atoms in total. The molecule has 3 heterocycles. The van der Waals surface area contributed by atoms with Crippen LogP contribution >= 0.6 is 0 Å². The molecule has 0 saturated carbocycles. The zero-order chi connectivity index (χ0) is 21.7. The average molecular weight is 401 g/mol. The minimum atomic E-state index is -0.420. The second-order valence-corrected chi connectivity index (χ2v) is 8.74. The van der Waals surface area contributed by atoms with Gasteiger partial charge in [-0.3, -0.25) is 14.3 Å². The molecule has 1 fully saturated rings. The van der Waals surface area contributed by atoms with E-state index in [1.807, 2.05) is 6.07 Å². The Morgan fingerprint density at radius 1 is 1.20 bits per heavy atom. The van der Waals surface area contributed by atoms with Gasteiger partial charge < -0.3 is 4.65 Å². The molecule has 0 spiro atoms. The fourth-order valence-corrected chi connectivity index (χ4v) is 3.48. The lowest BCUT2D eigenvalue weighted by Gasteiger charge is -2.34. The molecule has 0 atom stereocenters. The van der Waals surface area contributed by atoms with Crippen molar-refractivity contribution in [2.24, 2.45) is 7.05 Å². The maximum atomic E-state index is 13.1. The zero-order valence-corrected chi connectivity index (χ0v) is 17.8. The van der Waals surface area contributed by atoms with Crippen molar-refractivity contribution >= 4 is 25.2 Å². The molecule has 9 heteroatoms. The van der Waals surface area contributed by atoms with E-state index < -0.39 is 11.2 Å². The molecular formula is C21H23B2N4O3. The van der Waals surface area contributed by atoms with Gasteiger partial charge in [0.2, 0.25) is 11.2 Å². The van der Waals surface area contributed by atoms with E-state index in [9.17, 15) is 9.59 Å². The number of carbonyl (C=O) groups excluding carboxylic acids is 1. The van der Waals surface area contributed by atoms with E-state index in [0.29, 0.717) is 11.3 Å². The van der Waals surface area contributed by atoms with Crippen molar-refractivity contribution in [1.82, 2.24) is 19.6 Å². The highest BCUT2D eigenvalue weighted by molar-refractivity contribution is 7.18. The highest BCUT2D eigenvalue weighted by Crippen LogP contribution is 2.45. The fourth-order valence-electron chi connectivity index (χ4n) is 3.48. The van der Waals surface area contributed by atoms with Crippen LogP contribution in [0.3, 0.4) is 0 Å². The number of hydrogen-bond acceptors (Lipinski definition) is 5. The molecule has 0 aliphatic carbocycles. The van der Waals surface area contributed by atoms with Crippen molar-refractivity contribution in [3.05, 3.63) is 70.4 Å². The Kier molecular flexibility index (Phi) is 4.81. The van der Waals surface area contributed by atoms with Gasteiger partial charge in [-0.1, -0.05) is 43.6 Å². The Labute approximate surface area is 176 Å². The van der Waals surface area contributed by atoms with Crippen LogP contribution in [0.15, 0.2) is 53.7 Å². The van der Waals surface area contributed by atoms with Gasteiger partial charge in [-0.05, 0) is 19.2 Å². The van der Waals surface area contributed by atoms with Crippen LogP contribution in [0, 0.1) is 0 Å². The number of benzene rings is 1. The van der Waals surface area contributed by atoms with E-state index in [1.54, 1.807) is 42.3 Å². The quantitative estimate of drug-likeness (QED) is 0.491. The maximum Gasteiger partial charge on any atom is 0.280 e. The van der Waals surface area contributed by atoms with Gasteiger partial charge in [-0.2, -0.15) is 10.2 Å². The summed E-state index contributed by atoms with van der Waals surface area (Å²) in [5, 5.41) is 8.26. The van der Waals surface area contributed by atoms with E-state index in [1.165, 1.54) is 16.9 Å². The highest BCUT2D eigenvalue weighted by atomic mass is 16.5. The smallest absolute Gasteiger partial charge is 0.280 e. The standard InChI is InChI=1S/C21H23B2N4O3/c1-20(2)21(3,4)30-23(22-20)15-8-6-7-14(11-15)19(29)18-17(28)9-10-27(25-18)16-12-24-26(5)13-16/h6-13H,1-5H3. The summed E-state index contributed by atoms with van der Waals surface area (Å²) in [5.74, 6) is -0.420. The minimum absolute atomic E-state index is 0.115. The molecule has 0 N–H and O–H groups in total. The Bertz CT molecular complexity index is 1170. The molecular weight excluding hydrogens is 378 g/mol. The average Bonchev–Trinajstić information content (AvgIpc) is 3.22. The molecule has 1 saturated heterocycles. The predicted octanol–water partition coefficient (Wildman–Crippen LogP) is 1.60. The first-order chi connectivity index (χ1) is 14.1. The number of nitrogens with zero attached hydrogens (tertiary/aromatic N) is 4. The molecule has 1 radical (unpaired) electrons. The highest BCUT2D eigenvalue weighted by Gasteiger charge is 2.50. The first kappa shape index (κ1) is 20.3. The summed E-state index contributed by atoms with van der Waals surface area (Å²) in [4.78, 5) is 25.5. The van der Waals surface area contributed by atoms with Gasteiger partial charge in [-0.15, -0.1) is 0 Å². The monoisotopic (exact) mass is 401 g/mol. The van der Waals surface area contributed by atoms with Crippen molar-refractivity contribution in [2.45, 2.75) is 38.6 Å². The van der Waals surface area contributed by atoms with E-state index >= 15 is 0 Å². The van der Waals surface area contributed by atoms with Gasteiger partial charge in [0.25, 0.3) is 6.81 Å². The lowest BCUT2D eigenvalue weighted by Crippen LogP contribution is -2.37. The number of aryl methyl sites for hydroxylation is 1. The second-order valence-electron chi connectivity index (χ2n) is 8.74. The summed E-state index contributed by atoms with van der Waals surface area (Å²) in [6.45, 7) is 8.17. The summed E-state index contributed by atoms with van der Waals surface area (Å²) < 4.78 is 9.34. The van der Waals surface area contributed by atoms with Crippen LogP contribution in [0.5, 0.6) is 0 Å². The van der Waals surface area contributed by atoms with E-state index in [4.69, 9.17) is 4.65 Å². The number of hydrogen-bond donors (Lipinski definition) is 0. The number of rotatable bonds is 4. The summed E-state index contributed by atoms with van der Waals surface area (Å²) >= 11 is 0. The van der Waals surface area contributed by atoms with Gasteiger partial charge in [0.15, 0.2) is 5.69 Å². The van der Waals surface area contributed by atoms with Crippen molar-refractivity contribution in [3.8, 4) is 5.69 Å². The van der Waals surface area contributed by atoms with E-state index in [-0.39, 0.29) is 23.4 Å². The van der Waals surface area contributed by atoms with Gasteiger partial charge in [-0.25, -0.2) is 4.68 Å². The van der Waals surface area contributed by atoms with Crippen molar-refractivity contribution in [1.29, 1.82) is 0 Å². The van der Waals surface area contributed by atoms with Crippen LogP contribution in [0.2, 0.25) is 5.31 Å². The number of aromatic nitrogens is 4. The maximum absolute atomic E-state index is 13.1. The van der Waals surface area contributed by atoms with E-state index in [0.717, 1.165) is 5.46 Å². The Hall–Kier alpha value is -2.93. The van der Waals surface area contributed by atoms with Crippen LogP contribution in [-0.2, 0) is 11.7 Å². The number of ketones is 1. The summed E-state index contributed by atoms with van der Waals surface area (Å²) in [5.41, 5.74) is 1.07. The minimum Gasteiger partial charge on any atom is -0.435 e. The molecule has 0 bridgehead atoms. The first-order valence-corrected chi connectivity index (χ1v) is 9.85. The Morgan fingerprint density at radius 2 is 1.97 bits per heavy atom. The third kappa shape index (κ3) is 3.54. The topological polar surface area (TPSA) is 79.0 Å². The molecule has 1 aromatic carbocycles. The van der Waals surface area contributed by atoms with Gasteiger partial charge in [0, 0.05) is 30.5 Å². The van der Waals surface area contributed by atoms with Crippen molar-refractivity contribution in [2.75, 3.05) is 0 Å². The number of carbonyl (C=O) groups is 1. The fraction of sp³-hybridized carbons (Fsp3) is 0.333. The molecule has 1 aliphatic rings. The lowest BCUT2D eigenvalue weighted by molar-refractivity contribution is 0.0881. The van der Waals surface area contributed by atoms with Crippen molar-refractivity contribution in [3.63, 3.8) is 0 Å². The van der Waals surface area contributed by atoms with Gasteiger partial charge >= 0.3 is 0 Å². The molecule has 2 aromatic heterocycles. The Morgan fingerprint density at radius 3 is 2.60 bits per heavy atom. The largest absolute Gasteiger partial charge is 0.435 e. The molecule has 151 valence electrons. The lowest BCUT2D eigenvalue weighted by atomic mass is 9.23. The van der Waals surface area contributed by atoms with Crippen LogP contribution in [0.25, 0.3) is 5.69 Å². The molecule has 3 aromatic rings. The summed E-state index contributed by atoms with van der Waals surface area (Å²) in [7, 11) is 3.95. The molecule has 0 unspecified atom stereocenters. The third-order valence-corrected chi connectivity index (χ3v) is 6.00. The van der Waals surface area contributed by atoms with E-state index in [2.05, 4.69) is 45.1 Å². The normalized spacial score (nSPS) is 17.0. The second kappa shape index (κ2) is 7.09. The van der Waals surface area contributed by atoms with Crippen molar-refractivity contribution < 1.29 is 9.45 Å². The molecule has 0 amide bonds. The van der Waals surface area contributed by atoms with Crippen LogP contribution in [0.4, 0.5) is 0 Å². The van der Waals surface area contributed by atoms with Gasteiger partial charge in [0.05, 0.1) is 12.4 Å². The third-order valence-electron chi connectivity index (χ3n) is 6.00. The zero-order valence-electron chi connectivity index (χ0n) is 17.8. The SMILES string of the molecule is Cn1cc(-n2ccc(=O)c(C(=O)c3cccc(B4[B]C(C)(C)C(C)(C)O4)c3)n2)cn1. The molecule has 30 heavy (non-hydrogen) atoms. The Balaban J connectivity index is 1.67. The predicted molar refractivity (Wildman–Crippen MR) is 117 cm³/mol. The van der Waals surface area contributed by atoms with Crippen LogP contribution in [-0.4, -0.2) is 44.9 Å². The molecule has 1 aliphatic heterocycles. The van der Waals surface area contributed by atoms with Crippen LogP contribution in [0.1, 0.15) is 43.7 Å². The summed E-state index contributed by atoms with van der Waals surface area (Å²) in [6.07, 6.45) is 4.89. The van der Waals surface area contributed by atoms with Gasteiger partial charge in [0.1, 0.15) is 12.9 Å². The first-order valence-electron chi connectivity index (χ1n) is 9.85. The summed E-state index contributed by atoms with van der Waals surface area (Å²) in [6, 6.07) is 8.56.